The largest absolute Gasteiger partial charge is 0.497 e. The Labute approximate surface area is 146 Å². The number of ether oxygens (including phenoxy) is 1. The van der Waals surface area contributed by atoms with E-state index >= 15 is 0 Å². The molecule has 2 rings (SSSR count). The van der Waals surface area contributed by atoms with Crippen LogP contribution in [0.1, 0.15) is 19.8 Å². The second-order valence-electron chi connectivity index (χ2n) is 5.81. The summed E-state index contributed by atoms with van der Waals surface area (Å²) in [6.07, 6.45) is 1.64. The van der Waals surface area contributed by atoms with Crippen LogP contribution >= 0.6 is 11.8 Å². The molecule has 1 aromatic rings. The molecule has 0 aromatic heterocycles. The Morgan fingerprint density at radius 3 is 2.54 bits per heavy atom. The molecular formula is C17H24N2O4S. The number of carboxylic acids is 1. The number of carboxylic acid groups (broad SMARTS) is 1. The molecule has 0 radical (unpaired) electrons. The minimum atomic E-state index is -0.805. The van der Waals surface area contributed by atoms with Gasteiger partial charge in [0.25, 0.3) is 0 Å². The molecule has 0 spiro atoms. The lowest BCUT2D eigenvalue weighted by atomic mass is 9.85. The first-order valence-corrected chi connectivity index (χ1v) is 9.02. The van der Waals surface area contributed by atoms with Crippen molar-refractivity contribution in [3.8, 4) is 5.75 Å². The van der Waals surface area contributed by atoms with Crippen LogP contribution in [-0.4, -0.2) is 59.9 Å². The number of aliphatic carboxylic acids is 1. The van der Waals surface area contributed by atoms with Gasteiger partial charge >= 0.3 is 5.97 Å². The van der Waals surface area contributed by atoms with Crippen LogP contribution in [0.5, 0.6) is 5.75 Å². The van der Waals surface area contributed by atoms with Crippen LogP contribution in [0.15, 0.2) is 29.2 Å². The van der Waals surface area contributed by atoms with Crippen LogP contribution in [0.4, 0.5) is 0 Å². The van der Waals surface area contributed by atoms with Gasteiger partial charge in [0.05, 0.1) is 19.4 Å². The zero-order chi connectivity index (χ0) is 17.5. The van der Waals surface area contributed by atoms with Crippen LogP contribution in [-0.2, 0) is 9.59 Å². The third-order valence-corrected chi connectivity index (χ3v) is 5.18. The normalized spacial score (nSPS) is 19.6. The predicted molar refractivity (Wildman–Crippen MR) is 93.6 cm³/mol. The van der Waals surface area contributed by atoms with Gasteiger partial charge in [0, 0.05) is 17.0 Å². The van der Waals surface area contributed by atoms with Gasteiger partial charge in [-0.15, -0.1) is 11.8 Å². The molecule has 0 saturated heterocycles. The molecule has 2 N–H and O–H groups in total. The maximum Gasteiger partial charge on any atom is 0.317 e. The van der Waals surface area contributed by atoms with Gasteiger partial charge < -0.3 is 15.2 Å². The summed E-state index contributed by atoms with van der Waals surface area (Å²) in [5.41, 5.74) is 0. The standard InChI is InChI=1S/C17H24N2O4S/c1-3-19(10-17(21)22)13-8-12(9-13)18-16(20)11-24-15-6-4-14(23-2)5-7-15/h4-7,12-13H,3,8-11H2,1-2H3,(H,18,20)(H,21,22). The lowest BCUT2D eigenvalue weighted by Gasteiger charge is -2.42. The topological polar surface area (TPSA) is 78.9 Å². The molecule has 1 aliphatic carbocycles. The van der Waals surface area contributed by atoms with E-state index in [1.165, 1.54) is 11.8 Å². The second-order valence-corrected chi connectivity index (χ2v) is 6.86. The number of amides is 1. The van der Waals surface area contributed by atoms with Crippen molar-refractivity contribution in [3.05, 3.63) is 24.3 Å². The van der Waals surface area contributed by atoms with Crippen molar-refractivity contribution in [2.24, 2.45) is 0 Å². The molecule has 1 amide bonds. The van der Waals surface area contributed by atoms with Crippen LogP contribution in [0, 0.1) is 0 Å². The van der Waals surface area contributed by atoms with Crippen molar-refractivity contribution in [1.29, 1.82) is 0 Å². The summed E-state index contributed by atoms with van der Waals surface area (Å²) in [4.78, 5) is 25.8. The van der Waals surface area contributed by atoms with Gasteiger partial charge in [-0.2, -0.15) is 0 Å². The van der Waals surface area contributed by atoms with Gasteiger partial charge in [0.2, 0.25) is 5.91 Å². The molecule has 0 heterocycles. The Kier molecular flexibility index (Phi) is 6.93. The van der Waals surface area contributed by atoms with E-state index in [1.54, 1.807) is 7.11 Å². The van der Waals surface area contributed by atoms with Gasteiger partial charge in [-0.1, -0.05) is 6.92 Å². The summed E-state index contributed by atoms with van der Waals surface area (Å²) >= 11 is 1.49. The number of likely N-dealkylation sites (N-methyl/N-ethyl adjacent to an activating group) is 1. The van der Waals surface area contributed by atoms with Gasteiger partial charge in [0.15, 0.2) is 0 Å². The van der Waals surface area contributed by atoms with Gasteiger partial charge in [-0.25, -0.2) is 0 Å². The van der Waals surface area contributed by atoms with E-state index in [9.17, 15) is 9.59 Å². The lowest BCUT2D eigenvalue weighted by Crippen LogP contribution is -2.55. The number of benzene rings is 1. The predicted octanol–water partition coefficient (Wildman–Crippen LogP) is 1.84. The Hall–Kier alpha value is -1.73. The fraction of sp³-hybridized carbons (Fsp3) is 0.529. The molecular weight excluding hydrogens is 328 g/mol. The third kappa shape index (κ3) is 5.42. The van der Waals surface area contributed by atoms with Gasteiger partial charge in [-0.05, 0) is 43.7 Å². The molecule has 0 atom stereocenters. The second kappa shape index (κ2) is 8.94. The van der Waals surface area contributed by atoms with Crippen molar-refractivity contribution in [3.63, 3.8) is 0 Å². The molecule has 0 bridgehead atoms. The number of methoxy groups -OCH3 is 1. The van der Waals surface area contributed by atoms with E-state index in [1.807, 2.05) is 36.1 Å². The summed E-state index contributed by atoms with van der Waals surface area (Å²) in [5, 5.41) is 11.9. The van der Waals surface area contributed by atoms with E-state index in [-0.39, 0.29) is 24.5 Å². The summed E-state index contributed by atoms with van der Waals surface area (Å²) < 4.78 is 5.10. The maximum absolute atomic E-state index is 12.0. The summed E-state index contributed by atoms with van der Waals surface area (Å²) in [7, 11) is 1.62. The van der Waals surface area contributed by atoms with Gasteiger partial charge in [0.1, 0.15) is 5.75 Å². The molecule has 24 heavy (non-hydrogen) atoms. The van der Waals surface area contributed by atoms with Crippen molar-refractivity contribution >= 4 is 23.6 Å². The van der Waals surface area contributed by atoms with Crippen molar-refractivity contribution in [2.45, 2.75) is 36.7 Å². The molecule has 1 aliphatic rings. The maximum atomic E-state index is 12.0. The third-order valence-electron chi connectivity index (χ3n) is 4.17. The molecule has 1 saturated carbocycles. The summed E-state index contributed by atoms with van der Waals surface area (Å²) in [6.45, 7) is 2.74. The average Bonchev–Trinajstić information content (AvgIpc) is 2.54. The first kappa shape index (κ1) is 18.6. The van der Waals surface area contributed by atoms with E-state index in [0.717, 1.165) is 23.5 Å². The number of thioether (sulfide) groups is 1. The molecule has 6 nitrogen and oxygen atoms in total. The average molecular weight is 352 g/mol. The quantitative estimate of drug-likeness (QED) is 0.660. The highest BCUT2D eigenvalue weighted by Gasteiger charge is 2.34. The number of hydrogen-bond donors (Lipinski definition) is 2. The molecule has 1 aromatic carbocycles. The van der Waals surface area contributed by atoms with Gasteiger partial charge in [-0.3, -0.25) is 14.5 Å². The van der Waals surface area contributed by atoms with Crippen LogP contribution in [0.2, 0.25) is 0 Å². The highest BCUT2D eigenvalue weighted by atomic mass is 32.2. The van der Waals surface area contributed by atoms with Crippen LogP contribution < -0.4 is 10.1 Å². The number of carbonyl (C=O) groups excluding carboxylic acids is 1. The molecule has 1 fully saturated rings. The molecule has 0 unspecified atom stereocenters. The monoisotopic (exact) mass is 352 g/mol. The minimum Gasteiger partial charge on any atom is -0.497 e. The van der Waals surface area contributed by atoms with E-state index in [2.05, 4.69) is 5.32 Å². The molecule has 7 heteroatoms. The number of nitrogens with one attached hydrogen (secondary N) is 1. The molecule has 132 valence electrons. The number of rotatable bonds is 9. The zero-order valence-electron chi connectivity index (χ0n) is 14.0. The van der Waals surface area contributed by atoms with Crippen molar-refractivity contribution in [1.82, 2.24) is 10.2 Å². The molecule has 0 aliphatic heterocycles. The lowest BCUT2D eigenvalue weighted by molar-refractivity contribution is -0.139. The van der Waals surface area contributed by atoms with Crippen LogP contribution in [0.3, 0.4) is 0 Å². The van der Waals surface area contributed by atoms with E-state index in [4.69, 9.17) is 9.84 Å². The van der Waals surface area contributed by atoms with Crippen molar-refractivity contribution < 1.29 is 19.4 Å². The Balaban J connectivity index is 1.67. The highest BCUT2D eigenvalue weighted by molar-refractivity contribution is 8.00. The van der Waals surface area contributed by atoms with E-state index in [0.29, 0.717) is 12.3 Å². The summed E-state index contributed by atoms with van der Waals surface area (Å²) in [6, 6.07) is 8.02. The smallest absolute Gasteiger partial charge is 0.317 e. The zero-order valence-corrected chi connectivity index (χ0v) is 14.8. The Morgan fingerprint density at radius 1 is 1.33 bits per heavy atom. The fourth-order valence-electron chi connectivity index (χ4n) is 2.77. The van der Waals surface area contributed by atoms with Crippen molar-refractivity contribution in [2.75, 3.05) is 26.0 Å². The minimum absolute atomic E-state index is 0.0144. The number of nitrogens with zero attached hydrogens (tertiary/aromatic N) is 1. The first-order chi connectivity index (χ1) is 11.5. The Morgan fingerprint density at radius 2 is 2.00 bits per heavy atom. The number of hydrogen-bond acceptors (Lipinski definition) is 5. The van der Waals surface area contributed by atoms with Crippen LogP contribution in [0.25, 0.3) is 0 Å². The summed E-state index contributed by atoms with van der Waals surface area (Å²) in [5.74, 6) is 0.382. The Bertz CT molecular complexity index is 558. The highest BCUT2D eigenvalue weighted by Crippen LogP contribution is 2.26. The SMILES string of the molecule is CCN(CC(=O)O)C1CC(NC(=O)CSc2ccc(OC)cc2)C1. The first-order valence-electron chi connectivity index (χ1n) is 8.03. The van der Waals surface area contributed by atoms with E-state index < -0.39 is 5.97 Å². The number of carbonyl (C=O) groups is 2. The fourth-order valence-corrected chi connectivity index (χ4v) is 3.48.